The highest BCUT2D eigenvalue weighted by Crippen LogP contribution is 2.24. The van der Waals surface area contributed by atoms with Crippen LogP contribution in [0.3, 0.4) is 0 Å². The van der Waals surface area contributed by atoms with Crippen molar-refractivity contribution < 1.29 is 18.4 Å². The van der Waals surface area contributed by atoms with Gasteiger partial charge in [0.25, 0.3) is 18.2 Å². The highest BCUT2D eigenvalue weighted by molar-refractivity contribution is 6.31. The van der Waals surface area contributed by atoms with Crippen LogP contribution >= 0.6 is 11.6 Å². The quantitative estimate of drug-likeness (QED) is 0.581. The minimum absolute atomic E-state index is 0.0847. The molecular formula is C19H17ClF2N4O2. The SMILES string of the molecule is CC(C)NC(=O)c1ccc(Cl)cc1NC(=O)c1ccc2nc(C(F)F)[nH]c2c1. The van der Waals surface area contributed by atoms with E-state index in [1.165, 1.54) is 30.3 Å². The summed E-state index contributed by atoms with van der Waals surface area (Å²) in [6.07, 6.45) is -2.74. The van der Waals surface area contributed by atoms with Gasteiger partial charge in [0.15, 0.2) is 5.82 Å². The molecule has 3 aromatic rings. The summed E-state index contributed by atoms with van der Waals surface area (Å²) in [5.74, 6) is -1.33. The van der Waals surface area contributed by atoms with Crippen LogP contribution in [0.25, 0.3) is 11.0 Å². The number of aromatic amines is 1. The minimum Gasteiger partial charge on any atom is -0.350 e. The molecule has 2 aromatic carbocycles. The number of H-pyrrole nitrogens is 1. The number of aromatic nitrogens is 2. The number of halogens is 3. The zero-order valence-corrected chi connectivity index (χ0v) is 15.8. The topological polar surface area (TPSA) is 86.9 Å². The Morgan fingerprint density at radius 1 is 1.11 bits per heavy atom. The molecule has 6 nitrogen and oxygen atoms in total. The van der Waals surface area contributed by atoms with Crippen molar-refractivity contribution in [2.24, 2.45) is 0 Å². The second kappa shape index (κ2) is 7.93. The van der Waals surface area contributed by atoms with Crippen molar-refractivity contribution in [1.29, 1.82) is 0 Å². The monoisotopic (exact) mass is 406 g/mol. The lowest BCUT2D eigenvalue weighted by Gasteiger charge is -2.13. The maximum atomic E-state index is 12.8. The number of imidazole rings is 1. The van der Waals surface area contributed by atoms with Crippen molar-refractivity contribution in [1.82, 2.24) is 15.3 Å². The number of rotatable bonds is 5. The van der Waals surface area contributed by atoms with Gasteiger partial charge in [-0.15, -0.1) is 0 Å². The van der Waals surface area contributed by atoms with Crippen LogP contribution in [-0.4, -0.2) is 27.8 Å². The lowest BCUT2D eigenvalue weighted by Crippen LogP contribution is -2.31. The fourth-order valence-corrected chi connectivity index (χ4v) is 2.80. The van der Waals surface area contributed by atoms with Gasteiger partial charge in [0.1, 0.15) is 0 Å². The van der Waals surface area contributed by atoms with E-state index in [1.54, 1.807) is 6.07 Å². The van der Waals surface area contributed by atoms with Gasteiger partial charge in [-0.25, -0.2) is 13.8 Å². The number of nitrogens with one attached hydrogen (secondary N) is 3. The van der Waals surface area contributed by atoms with Crippen LogP contribution < -0.4 is 10.6 Å². The summed E-state index contributed by atoms with van der Waals surface area (Å²) in [4.78, 5) is 31.2. The Hall–Kier alpha value is -3.00. The van der Waals surface area contributed by atoms with E-state index in [2.05, 4.69) is 20.6 Å². The molecule has 3 rings (SSSR count). The van der Waals surface area contributed by atoms with E-state index in [9.17, 15) is 18.4 Å². The van der Waals surface area contributed by atoms with Gasteiger partial charge in [0.05, 0.1) is 22.3 Å². The molecule has 0 saturated heterocycles. The number of alkyl halides is 2. The van der Waals surface area contributed by atoms with Crippen molar-refractivity contribution in [3.63, 3.8) is 0 Å². The Bertz CT molecular complexity index is 1050. The van der Waals surface area contributed by atoms with Crippen molar-refractivity contribution in [3.8, 4) is 0 Å². The van der Waals surface area contributed by atoms with Gasteiger partial charge >= 0.3 is 0 Å². The number of carbonyl (C=O) groups excluding carboxylic acids is 2. The van der Waals surface area contributed by atoms with E-state index in [-0.39, 0.29) is 28.8 Å². The van der Waals surface area contributed by atoms with Crippen LogP contribution in [0.5, 0.6) is 0 Å². The van der Waals surface area contributed by atoms with Crippen LogP contribution in [-0.2, 0) is 0 Å². The Morgan fingerprint density at radius 2 is 1.86 bits per heavy atom. The number of hydrogen-bond donors (Lipinski definition) is 3. The molecule has 0 unspecified atom stereocenters. The first-order chi connectivity index (χ1) is 13.2. The van der Waals surface area contributed by atoms with Gasteiger partial charge in [-0.05, 0) is 50.2 Å². The maximum absolute atomic E-state index is 12.8. The molecule has 0 spiro atoms. The Balaban J connectivity index is 1.89. The Labute approximate surface area is 164 Å². The Morgan fingerprint density at radius 3 is 2.54 bits per heavy atom. The number of amides is 2. The molecule has 2 amide bonds. The highest BCUT2D eigenvalue weighted by atomic mass is 35.5. The molecule has 146 valence electrons. The van der Waals surface area contributed by atoms with E-state index in [0.29, 0.717) is 16.1 Å². The molecule has 0 aliphatic rings. The Kier molecular flexibility index (Phi) is 5.60. The van der Waals surface area contributed by atoms with E-state index < -0.39 is 18.2 Å². The lowest BCUT2D eigenvalue weighted by atomic mass is 10.1. The fraction of sp³-hybridized carbons (Fsp3) is 0.211. The third-order valence-corrected chi connectivity index (χ3v) is 4.10. The summed E-state index contributed by atoms with van der Waals surface area (Å²) in [6, 6.07) is 8.81. The second-order valence-corrected chi connectivity index (χ2v) is 6.86. The summed E-state index contributed by atoms with van der Waals surface area (Å²) in [7, 11) is 0. The minimum atomic E-state index is -2.74. The number of carbonyl (C=O) groups is 2. The van der Waals surface area contributed by atoms with Crippen LogP contribution in [0.2, 0.25) is 5.02 Å². The largest absolute Gasteiger partial charge is 0.350 e. The molecule has 0 radical (unpaired) electrons. The molecule has 0 saturated carbocycles. The maximum Gasteiger partial charge on any atom is 0.295 e. The third kappa shape index (κ3) is 4.28. The normalized spacial score (nSPS) is 11.2. The average Bonchev–Trinajstić information content (AvgIpc) is 3.04. The van der Waals surface area contributed by atoms with Gasteiger partial charge in [0, 0.05) is 16.6 Å². The standard InChI is InChI=1S/C19H17ClF2N4O2/c1-9(2)23-19(28)12-5-4-11(20)8-14(12)26-18(27)10-3-6-13-15(7-10)25-17(24-13)16(21)22/h3-9,16H,1-2H3,(H,23,28)(H,24,25)(H,26,27). The summed E-state index contributed by atoms with van der Waals surface area (Å²) in [5, 5.41) is 5.75. The van der Waals surface area contributed by atoms with Gasteiger partial charge in [-0.2, -0.15) is 0 Å². The highest BCUT2D eigenvalue weighted by Gasteiger charge is 2.17. The fourth-order valence-electron chi connectivity index (χ4n) is 2.63. The number of benzene rings is 2. The summed E-state index contributed by atoms with van der Waals surface area (Å²) < 4.78 is 25.6. The lowest BCUT2D eigenvalue weighted by molar-refractivity contribution is 0.0944. The number of fused-ring (bicyclic) bond motifs is 1. The average molecular weight is 407 g/mol. The predicted molar refractivity (Wildman–Crippen MR) is 103 cm³/mol. The number of anilines is 1. The number of hydrogen-bond acceptors (Lipinski definition) is 3. The van der Waals surface area contributed by atoms with Crippen molar-refractivity contribution in [3.05, 3.63) is 58.4 Å². The van der Waals surface area contributed by atoms with Gasteiger partial charge in [-0.3, -0.25) is 9.59 Å². The molecule has 1 heterocycles. The summed E-state index contributed by atoms with van der Waals surface area (Å²) in [6.45, 7) is 3.64. The van der Waals surface area contributed by atoms with Crippen molar-refractivity contribution >= 4 is 40.1 Å². The molecule has 0 atom stereocenters. The molecule has 9 heteroatoms. The first-order valence-electron chi connectivity index (χ1n) is 8.44. The zero-order valence-electron chi connectivity index (χ0n) is 15.0. The van der Waals surface area contributed by atoms with Gasteiger partial charge < -0.3 is 15.6 Å². The zero-order chi connectivity index (χ0) is 20.4. The molecule has 0 fully saturated rings. The van der Waals surface area contributed by atoms with E-state index in [4.69, 9.17) is 11.6 Å². The number of nitrogens with zero attached hydrogens (tertiary/aromatic N) is 1. The second-order valence-electron chi connectivity index (χ2n) is 6.43. The molecule has 0 bridgehead atoms. The van der Waals surface area contributed by atoms with E-state index >= 15 is 0 Å². The van der Waals surface area contributed by atoms with Gasteiger partial charge in [-0.1, -0.05) is 11.6 Å². The summed E-state index contributed by atoms with van der Waals surface area (Å²) in [5.41, 5.74) is 1.35. The van der Waals surface area contributed by atoms with Crippen LogP contribution in [0.4, 0.5) is 14.5 Å². The van der Waals surface area contributed by atoms with Gasteiger partial charge in [0.2, 0.25) is 0 Å². The van der Waals surface area contributed by atoms with Crippen LogP contribution in [0.1, 0.15) is 46.8 Å². The molecule has 0 aliphatic heterocycles. The smallest absolute Gasteiger partial charge is 0.295 e. The molecule has 28 heavy (non-hydrogen) atoms. The van der Waals surface area contributed by atoms with E-state index in [1.807, 2.05) is 13.8 Å². The van der Waals surface area contributed by atoms with Crippen LogP contribution in [0.15, 0.2) is 36.4 Å². The van der Waals surface area contributed by atoms with Crippen LogP contribution in [0, 0.1) is 0 Å². The van der Waals surface area contributed by atoms with Crippen molar-refractivity contribution in [2.75, 3.05) is 5.32 Å². The molecule has 1 aromatic heterocycles. The first kappa shape index (κ1) is 19.8. The first-order valence-corrected chi connectivity index (χ1v) is 8.82. The third-order valence-electron chi connectivity index (χ3n) is 3.86. The predicted octanol–water partition coefficient (Wildman–Crippen LogP) is 4.54. The van der Waals surface area contributed by atoms with E-state index in [0.717, 1.165) is 0 Å². The van der Waals surface area contributed by atoms with Crippen molar-refractivity contribution in [2.45, 2.75) is 26.3 Å². The molecule has 3 N–H and O–H groups in total. The summed E-state index contributed by atoms with van der Waals surface area (Å²) >= 11 is 6.00. The molecular weight excluding hydrogens is 390 g/mol. The molecule has 0 aliphatic carbocycles.